The van der Waals surface area contributed by atoms with Crippen LogP contribution in [0, 0.1) is 6.92 Å². The van der Waals surface area contributed by atoms with Crippen molar-refractivity contribution in [2.24, 2.45) is 0 Å². The first-order valence-electron chi connectivity index (χ1n) is 10.4. The molecule has 3 rings (SSSR count). The van der Waals surface area contributed by atoms with Crippen molar-refractivity contribution in [2.45, 2.75) is 32.4 Å². The number of hydrogen-bond acceptors (Lipinski definition) is 4. The number of carbonyl (C=O) groups excluding carboxylic acids is 2. The second-order valence-electron chi connectivity index (χ2n) is 7.54. The van der Waals surface area contributed by atoms with E-state index in [0.717, 1.165) is 11.1 Å². The fraction of sp³-hybridized carbons (Fsp3) is 0.292. The Kier molecular flexibility index (Phi) is 8.41. The average Bonchev–Trinajstić information content (AvgIpc) is 3.20. The lowest BCUT2D eigenvalue weighted by molar-refractivity contribution is 0.0932. The number of benzene rings is 1. The number of amides is 2. The maximum atomic E-state index is 13.0. The van der Waals surface area contributed by atoms with Crippen LogP contribution in [0.2, 0.25) is 5.15 Å². The van der Waals surface area contributed by atoms with Gasteiger partial charge in [-0.1, -0.05) is 41.9 Å². The Morgan fingerprint density at radius 3 is 2.62 bits per heavy atom. The number of aryl methyl sites for hydroxylation is 1. The first kappa shape index (κ1) is 23.5. The zero-order chi connectivity index (χ0) is 22.9. The monoisotopic (exact) mass is 454 g/mol. The molecular formula is C24H27ClN4O3. The molecule has 3 N–H and O–H groups in total. The molecule has 2 amide bonds. The molecule has 168 valence electrons. The normalized spacial score (nSPS) is 11.7. The van der Waals surface area contributed by atoms with E-state index in [1.54, 1.807) is 19.4 Å². The Balaban J connectivity index is 1.67. The molecule has 0 spiro atoms. The minimum absolute atomic E-state index is 0.164. The summed E-state index contributed by atoms with van der Waals surface area (Å²) in [7, 11) is 1.56. The summed E-state index contributed by atoms with van der Waals surface area (Å²) in [5.41, 5.74) is 3.53. The van der Waals surface area contributed by atoms with E-state index < -0.39 is 0 Å². The van der Waals surface area contributed by atoms with Crippen LogP contribution in [0.1, 0.15) is 44.1 Å². The van der Waals surface area contributed by atoms with Gasteiger partial charge >= 0.3 is 0 Å². The van der Waals surface area contributed by atoms with Crippen molar-refractivity contribution in [2.75, 3.05) is 13.7 Å². The van der Waals surface area contributed by atoms with Gasteiger partial charge in [0.2, 0.25) is 0 Å². The van der Waals surface area contributed by atoms with Gasteiger partial charge in [0.15, 0.2) is 0 Å². The average molecular weight is 455 g/mol. The van der Waals surface area contributed by atoms with Gasteiger partial charge in [0, 0.05) is 31.5 Å². The molecule has 3 aromatic rings. The van der Waals surface area contributed by atoms with E-state index in [1.807, 2.05) is 43.3 Å². The number of hydrogen-bond donors (Lipinski definition) is 3. The molecule has 8 heteroatoms. The summed E-state index contributed by atoms with van der Waals surface area (Å²) in [6.45, 7) is 2.56. The molecule has 0 saturated heterocycles. The van der Waals surface area contributed by atoms with Crippen LogP contribution in [0.3, 0.4) is 0 Å². The molecule has 2 aromatic heterocycles. The van der Waals surface area contributed by atoms with Gasteiger partial charge in [-0.15, -0.1) is 0 Å². The van der Waals surface area contributed by atoms with Crippen LogP contribution in [-0.2, 0) is 17.8 Å². The van der Waals surface area contributed by atoms with Gasteiger partial charge < -0.3 is 20.4 Å². The third kappa shape index (κ3) is 6.67. The highest BCUT2D eigenvalue weighted by Crippen LogP contribution is 2.13. The number of aromatic amines is 1. The van der Waals surface area contributed by atoms with Crippen LogP contribution in [0.4, 0.5) is 0 Å². The van der Waals surface area contributed by atoms with Crippen molar-refractivity contribution in [3.8, 4) is 0 Å². The zero-order valence-electron chi connectivity index (χ0n) is 18.2. The Labute approximate surface area is 192 Å². The van der Waals surface area contributed by atoms with Crippen molar-refractivity contribution in [1.82, 2.24) is 20.6 Å². The number of carbonyl (C=O) groups is 2. The second-order valence-corrected chi connectivity index (χ2v) is 7.93. The van der Waals surface area contributed by atoms with E-state index in [0.29, 0.717) is 36.3 Å². The smallest absolute Gasteiger partial charge is 0.267 e. The van der Waals surface area contributed by atoms with Gasteiger partial charge in [-0.3, -0.25) is 9.59 Å². The second kappa shape index (κ2) is 11.5. The predicted octanol–water partition coefficient (Wildman–Crippen LogP) is 3.68. The summed E-state index contributed by atoms with van der Waals surface area (Å²) >= 11 is 6.08. The van der Waals surface area contributed by atoms with Crippen LogP contribution >= 0.6 is 11.6 Å². The molecule has 32 heavy (non-hydrogen) atoms. The van der Waals surface area contributed by atoms with E-state index >= 15 is 0 Å². The van der Waals surface area contributed by atoms with E-state index in [2.05, 4.69) is 20.6 Å². The molecule has 0 saturated carbocycles. The highest BCUT2D eigenvalue weighted by atomic mass is 35.5. The van der Waals surface area contributed by atoms with Crippen molar-refractivity contribution in [3.05, 3.63) is 88.0 Å². The van der Waals surface area contributed by atoms with Crippen molar-refractivity contribution < 1.29 is 14.3 Å². The molecule has 2 heterocycles. The van der Waals surface area contributed by atoms with Gasteiger partial charge in [-0.2, -0.15) is 0 Å². The zero-order valence-corrected chi connectivity index (χ0v) is 18.9. The van der Waals surface area contributed by atoms with E-state index in [9.17, 15) is 9.59 Å². The number of pyridine rings is 1. The molecule has 0 radical (unpaired) electrons. The lowest BCUT2D eigenvalue weighted by atomic mass is 10.0. The number of nitrogens with zero attached hydrogens (tertiary/aromatic N) is 1. The molecule has 0 aliphatic rings. The van der Waals surface area contributed by atoms with Crippen LogP contribution in [0.5, 0.6) is 0 Å². The van der Waals surface area contributed by atoms with Gasteiger partial charge in [0.25, 0.3) is 11.8 Å². The molecule has 1 atom stereocenters. The summed E-state index contributed by atoms with van der Waals surface area (Å²) in [4.78, 5) is 32.4. The minimum atomic E-state index is -0.251. The topological polar surface area (TPSA) is 96.1 Å². The highest BCUT2D eigenvalue weighted by molar-refractivity contribution is 6.29. The molecule has 7 nitrogen and oxygen atoms in total. The molecular weight excluding hydrogens is 428 g/mol. The van der Waals surface area contributed by atoms with E-state index in [1.165, 1.54) is 6.07 Å². The molecule has 0 bridgehead atoms. The number of H-pyrrole nitrogens is 1. The standard InChI is InChI=1S/C24H27ClN4O3/c1-16-8-10-26-22(16)24(31)27-11-9-19(12-17-6-4-3-5-7-17)29-23(30)18-13-20(15-32-2)28-21(25)14-18/h3-8,10,13-14,19,26H,9,11-12,15H2,1-2H3,(H,27,31)(H,29,30). The van der Waals surface area contributed by atoms with Gasteiger partial charge in [-0.05, 0) is 49.1 Å². The first-order valence-corrected chi connectivity index (χ1v) is 10.8. The highest BCUT2D eigenvalue weighted by Gasteiger charge is 2.17. The Hall–Kier alpha value is -3.16. The van der Waals surface area contributed by atoms with Gasteiger partial charge in [0.1, 0.15) is 10.8 Å². The Morgan fingerprint density at radius 1 is 1.16 bits per heavy atom. The number of methoxy groups -OCH3 is 1. The number of ether oxygens (including phenoxy) is 1. The molecule has 0 aliphatic carbocycles. The first-order chi connectivity index (χ1) is 15.5. The largest absolute Gasteiger partial charge is 0.378 e. The third-order valence-electron chi connectivity index (χ3n) is 5.02. The lowest BCUT2D eigenvalue weighted by Crippen LogP contribution is -2.39. The number of nitrogens with one attached hydrogen (secondary N) is 3. The maximum absolute atomic E-state index is 13.0. The summed E-state index contributed by atoms with van der Waals surface area (Å²) in [6, 6.07) is 14.8. The van der Waals surface area contributed by atoms with Crippen LogP contribution in [-0.4, -0.2) is 41.5 Å². The van der Waals surface area contributed by atoms with E-state index in [-0.39, 0.29) is 29.6 Å². The number of rotatable bonds is 10. The predicted molar refractivity (Wildman–Crippen MR) is 124 cm³/mol. The molecule has 0 fully saturated rings. The maximum Gasteiger partial charge on any atom is 0.267 e. The fourth-order valence-electron chi connectivity index (χ4n) is 3.44. The van der Waals surface area contributed by atoms with Crippen molar-refractivity contribution >= 4 is 23.4 Å². The van der Waals surface area contributed by atoms with Gasteiger partial charge in [-0.25, -0.2) is 4.98 Å². The fourth-order valence-corrected chi connectivity index (χ4v) is 3.66. The van der Waals surface area contributed by atoms with Gasteiger partial charge in [0.05, 0.1) is 12.3 Å². The lowest BCUT2D eigenvalue weighted by Gasteiger charge is -2.20. The van der Waals surface area contributed by atoms with E-state index in [4.69, 9.17) is 16.3 Å². The number of halogens is 1. The SMILES string of the molecule is COCc1cc(C(=O)NC(CCNC(=O)c2[nH]ccc2C)Cc2ccccc2)cc(Cl)n1. The van der Waals surface area contributed by atoms with Crippen molar-refractivity contribution in [1.29, 1.82) is 0 Å². The Morgan fingerprint density at radius 2 is 1.94 bits per heavy atom. The van der Waals surface area contributed by atoms with Crippen LogP contribution in [0.15, 0.2) is 54.7 Å². The molecule has 1 unspecified atom stereocenters. The van der Waals surface area contributed by atoms with Crippen molar-refractivity contribution in [3.63, 3.8) is 0 Å². The quantitative estimate of drug-likeness (QED) is 0.407. The third-order valence-corrected chi connectivity index (χ3v) is 5.22. The summed E-state index contributed by atoms with van der Waals surface area (Å²) in [6.07, 6.45) is 2.93. The van der Waals surface area contributed by atoms with Crippen LogP contribution < -0.4 is 10.6 Å². The minimum Gasteiger partial charge on any atom is -0.378 e. The Bertz CT molecular complexity index is 1050. The van der Waals surface area contributed by atoms with Crippen LogP contribution in [0.25, 0.3) is 0 Å². The number of aromatic nitrogens is 2. The summed E-state index contributed by atoms with van der Waals surface area (Å²) in [5.74, 6) is -0.415. The molecule has 0 aliphatic heterocycles. The summed E-state index contributed by atoms with van der Waals surface area (Å²) < 4.78 is 5.10. The molecule has 1 aromatic carbocycles. The summed E-state index contributed by atoms with van der Waals surface area (Å²) in [5, 5.41) is 6.23.